The van der Waals surface area contributed by atoms with E-state index in [9.17, 15) is 4.21 Å². The highest BCUT2D eigenvalue weighted by Crippen LogP contribution is 2.44. The van der Waals surface area contributed by atoms with Crippen LogP contribution in [-0.2, 0) is 57.2 Å². The molecule has 2 saturated heterocycles. The number of ether oxygens (including phenoxy) is 7. The van der Waals surface area contributed by atoms with Gasteiger partial charge >= 0.3 is 0 Å². The van der Waals surface area contributed by atoms with E-state index < -0.39 is 52.2 Å². The first-order chi connectivity index (χ1) is 17.8. The third kappa shape index (κ3) is 6.15. The van der Waals surface area contributed by atoms with Crippen LogP contribution in [0, 0.1) is 0 Å². The Kier molecular flexibility index (Phi) is 9.53. The Hall–Kier alpha value is -1.69. The quantitative estimate of drug-likeness (QED) is 0.431. The molecule has 4 rings (SSSR count). The Morgan fingerprint density at radius 3 is 1.92 bits per heavy atom. The van der Waals surface area contributed by atoms with Gasteiger partial charge in [-0.3, -0.25) is 4.21 Å². The lowest BCUT2D eigenvalue weighted by Crippen LogP contribution is -2.73. The summed E-state index contributed by atoms with van der Waals surface area (Å²) in [6, 6.07) is 19.7. The van der Waals surface area contributed by atoms with E-state index >= 15 is 0 Å². The number of fused-ring (bicyclic) bond motifs is 1. The monoisotopic (exact) mass is 534 g/mol. The molecule has 9 heteroatoms. The minimum absolute atomic E-state index is 0.214. The fourth-order valence-corrected chi connectivity index (χ4v) is 5.80. The summed E-state index contributed by atoms with van der Waals surface area (Å²) in [6.45, 7) is 6.32. The van der Waals surface area contributed by atoms with Gasteiger partial charge in [0, 0.05) is 20.0 Å². The maximum atomic E-state index is 13.2. The van der Waals surface area contributed by atoms with Gasteiger partial charge in [-0.2, -0.15) is 0 Å². The minimum atomic E-state index is -1.34. The average Bonchev–Trinajstić information content (AvgIpc) is 2.93. The molecule has 0 spiro atoms. The van der Waals surface area contributed by atoms with Crippen molar-refractivity contribution >= 4 is 10.8 Å². The normalized spacial score (nSPS) is 34.6. The Morgan fingerprint density at radius 1 is 0.838 bits per heavy atom. The van der Waals surface area contributed by atoms with Gasteiger partial charge < -0.3 is 33.2 Å². The van der Waals surface area contributed by atoms with Gasteiger partial charge in [-0.25, -0.2) is 0 Å². The summed E-state index contributed by atoms with van der Waals surface area (Å²) < 4.78 is 56.7. The molecule has 37 heavy (non-hydrogen) atoms. The highest BCUT2D eigenvalue weighted by molar-refractivity contribution is 7.85. The van der Waals surface area contributed by atoms with Gasteiger partial charge in [0.25, 0.3) is 0 Å². The van der Waals surface area contributed by atoms with Crippen LogP contribution < -0.4 is 0 Å². The van der Waals surface area contributed by atoms with E-state index in [1.54, 1.807) is 28.1 Å². The number of methoxy groups -OCH3 is 2. The zero-order valence-corrected chi connectivity index (χ0v) is 23.0. The molecule has 0 bridgehead atoms. The molecular formula is C28H38O8S. The second-order valence-corrected chi connectivity index (χ2v) is 11.2. The van der Waals surface area contributed by atoms with Crippen LogP contribution in [0.5, 0.6) is 0 Å². The molecule has 2 aromatic rings. The zero-order valence-electron chi connectivity index (χ0n) is 22.2. The average molecular weight is 535 g/mol. The van der Waals surface area contributed by atoms with Gasteiger partial charge in [-0.05, 0) is 25.0 Å². The Balaban J connectivity index is 1.61. The number of hydrogen-bond donors (Lipinski definition) is 0. The summed E-state index contributed by atoms with van der Waals surface area (Å²) >= 11 is 0. The molecule has 0 saturated carbocycles. The van der Waals surface area contributed by atoms with E-state index in [2.05, 4.69) is 0 Å². The number of benzene rings is 2. The van der Waals surface area contributed by atoms with Crippen molar-refractivity contribution in [2.24, 2.45) is 0 Å². The molecule has 0 aromatic heterocycles. The molecule has 2 fully saturated rings. The molecule has 2 aliphatic heterocycles. The molecule has 2 heterocycles. The van der Waals surface area contributed by atoms with E-state index in [4.69, 9.17) is 33.2 Å². The molecule has 8 nitrogen and oxygen atoms in total. The van der Waals surface area contributed by atoms with Crippen molar-refractivity contribution in [2.75, 3.05) is 26.6 Å². The molecule has 2 aromatic carbocycles. The molecule has 0 aliphatic carbocycles. The molecule has 0 N–H and O–H groups in total. The summed E-state index contributed by atoms with van der Waals surface area (Å²) in [5.41, 5.74) is 1.29. The van der Waals surface area contributed by atoms with Crippen molar-refractivity contribution in [3.63, 3.8) is 0 Å². The van der Waals surface area contributed by atoms with Crippen molar-refractivity contribution in [2.45, 2.75) is 75.4 Å². The molecular weight excluding hydrogens is 496 g/mol. The molecule has 3 unspecified atom stereocenters. The Morgan fingerprint density at radius 2 is 1.38 bits per heavy atom. The van der Waals surface area contributed by atoms with E-state index in [0.29, 0.717) is 19.0 Å². The lowest BCUT2D eigenvalue weighted by Gasteiger charge is -2.57. The van der Waals surface area contributed by atoms with Gasteiger partial charge in [-0.1, -0.05) is 67.6 Å². The summed E-state index contributed by atoms with van der Waals surface area (Å²) in [6.07, 6.45) is -2.50. The van der Waals surface area contributed by atoms with Crippen LogP contribution in [0.2, 0.25) is 0 Å². The Bertz CT molecular complexity index is 1010. The standard InChI is InChI=1S/C28H38O8S/c1-6-37(29)26-25(33-18-21-15-11-8-12-16-21)24-23(35-27(2,30-4)28(3,31-5)36-24)22(34-26)19-32-17-20-13-9-7-10-14-20/h7-16,22-26H,6,17-19H2,1-5H3/t22-,23-,24+,25+,26-,27?,28?,37?/m1/s1. The smallest absolute Gasteiger partial charge is 0.220 e. The number of rotatable bonds is 11. The highest BCUT2D eigenvalue weighted by Gasteiger charge is 2.63. The van der Waals surface area contributed by atoms with E-state index in [1.165, 1.54) is 0 Å². The largest absolute Gasteiger partial charge is 0.374 e. The molecule has 204 valence electrons. The van der Waals surface area contributed by atoms with Crippen LogP contribution in [0.15, 0.2) is 60.7 Å². The number of hydrogen-bond acceptors (Lipinski definition) is 8. The maximum Gasteiger partial charge on any atom is 0.220 e. The van der Waals surface area contributed by atoms with Crippen LogP contribution in [0.3, 0.4) is 0 Å². The van der Waals surface area contributed by atoms with Crippen molar-refractivity contribution in [3.8, 4) is 0 Å². The van der Waals surface area contributed by atoms with Crippen LogP contribution >= 0.6 is 0 Å². The molecule has 0 radical (unpaired) electrons. The van der Waals surface area contributed by atoms with Gasteiger partial charge in [0.05, 0.1) is 30.6 Å². The van der Waals surface area contributed by atoms with E-state index in [0.717, 1.165) is 11.1 Å². The second kappa shape index (κ2) is 12.4. The second-order valence-electron chi connectivity index (χ2n) is 9.44. The summed E-state index contributed by atoms with van der Waals surface area (Å²) in [4.78, 5) is 0. The first-order valence-electron chi connectivity index (χ1n) is 12.6. The van der Waals surface area contributed by atoms with E-state index in [-0.39, 0.29) is 6.61 Å². The maximum absolute atomic E-state index is 13.2. The summed E-state index contributed by atoms with van der Waals surface area (Å²) in [5.74, 6) is -2.07. The van der Waals surface area contributed by atoms with E-state index in [1.807, 2.05) is 67.6 Å². The van der Waals surface area contributed by atoms with Crippen LogP contribution in [0.4, 0.5) is 0 Å². The fourth-order valence-electron chi connectivity index (χ4n) is 4.68. The third-order valence-corrected chi connectivity index (χ3v) is 8.61. The van der Waals surface area contributed by atoms with Crippen molar-refractivity contribution in [1.82, 2.24) is 0 Å². The first kappa shape index (κ1) is 28.3. The molecule has 2 aliphatic rings. The van der Waals surface area contributed by atoms with Crippen LogP contribution in [0.1, 0.15) is 31.9 Å². The SMILES string of the molecule is CCS(=O)[C@H]1O[C@H](COCc2ccccc2)[C@H]2OC(C)(OC)C(C)(OC)O[C@@H]2[C@@H]1OCc1ccccc1. The third-order valence-electron chi connectivity index (χ3n) is 7.14. The van der Waals surface area contributed by atoms with Crippen molar-refractivity contribution in [1.29, 1.82) is 0 Å². The summed E-state index contributed by atoms with van der Waals surface area (Å²) in [7, 11) is 1.75. The lowest BCUT2D eigenvalue weighted by molar-refractivity contribution is -0.471. The lowest BCUT2D eigenvalue weighted by atomic mass is 9.94. The van der Waals surface area contributed by atoms with Crippen molar-refractivity contribution < 1.29 is 37.4 Å². The molecule has 8 atom stereocenters. The van der Waals surface area contributed by atoms with Gasteiger partial charge in [0.15, 0.2) is 5.44 Å². The summed E-state index contributed by atoms with van der Waals surface area (Å²) in [5, 5.41) is 0. The van der Waals surface area contributed by atoms with Crippen LogP contribution in [-0.4, -0.2) is 72.2 Å². The van der Waals surface area contributed by atoms with Crippen molar-refractivity contribution in [3.05, 3.63) is 71.8 Å². The molecule has 0 amide bonds. The van der Waals surface area contributed by atoms with Gasteiger partial charge in [0.1, 0.15) is 24.4 Å². The minimum Gasteiger partial charge on any atom is -0.374 e. The predicted molar refractivity (Wildman–Crippen MR) is 139 cm³/mol. The topological polar surface area (TPSA) is 81.7 Å². The van der Waals surface area contributed by atoms with Gasteiger partial charge in [0.2, 0.25) is 11.6 Å². The highest BCUT2D eigenvalue weighted by atomic mass is 32.2. The van der Waals surface area contributed by atoms with Crippen LogP contribution in [0.25, 0.3) is 0 Å². The van der Waals surface area contributed by atoms with Gasteiger partial charge in [-0.15, -0.1) is 0 Å². The predicted octanol–water partition coefficient (Wildman–Crippen LogP) is 3.79. The Labute approximate surface area is 221 Å². The zero-order chi connectivity index (χ0) is 26.5. The first-order valence-corrected chi connectivity index (χ1v) is 14.0. The fraction of sp³-hybridized carbons (Fsp3) is 0.571.